The van der Waals surface area contributed by atoms with Crippen LogP contribution in [0.25, 0.3) is 0 Å². The van der Waals surface area contributed by atoms with Crippen LogP contribution in [0.15, 0.2) is 48.5 Å². The topological polar surface area (TPSA) is 17.1 Å². The van der Waals surface area contributed by atoms with Gasteiger partial charge >= 0.3 is 0 Å². The summed E-state index contributed by atoms with van der Waals surface area (Å²) in [4.78, 5) is 12.9. The molecule has 2 aromatic carbocycles. The molecular formula is C17H16OS. The number of fused-ring (bicyclic) bond motifs is 1. The largest absolute Gasteiger partial charge is 0.292 e. The molecule has 19 heavy (non-hydrogen) atoms. The molecule has 0 fully saturated rings. The molecule has 3 rings (SSSR count). The van der Waals surface area contributed by atoms with E-state index in [9.17, 15) is 4.79 Å². The monoisotopic (exact) mass is 268 g/mol. The molecular weight excluding hydrogens is 252 g/mol. The third-order valence-electron chi connectivity index (χ3n) is 3.78. The molecule has 0 aliphatic carbocycles. The van der Waals surface area contributed by atoms with Crippen LogP contribution in [-0.4, -0.2) is 5.78 Å². The SMILES string of the molecule is Cc1ccc2c(c1)C(=O)C(C)(c1ccccc1)SC2. The summed E-state index contributed by atoms with van der Waals surface area (Å²) in [5, 5.41) is 0. The third kappa shape index (κ3) is 2.00. The van der Waals surface area contributed by atoms with Crippen molar-refractivity contribution in [3.63, 3.8) is 0 Å². The zero-order valence-corrected chi connectivity index (χ0v) is 12.0. The lowest BCUT2D eigenvalue weighted by molar-refractivity contribution is 0.0946. The van der Waals surface area contributed by atoms with E-state index in [1.807, 2.05) is 50.2 Å². The molecule has 0 amide bonds. The number of carbonyl (C=O) groups is 1. The second-order valence-corrected chi connectivity index (χ2v) is 6.57. The average molecular weight is 268 g/mol. The van der Waals surface area contributed by atoms with Gasteiger partial charge in [0.05, 0.1) is 0 Å². The molecule has 0 N–H and O–H groups in total. The molecule has 1 heterocycles. The first kappa shape index (κ1) is 12.5. The number of benzene rings is 2. The van der Waals surface area contributed by atoms with E-state index in [1.165, 1.54) is 0 Å². The van der Waals surface area contributed by atoms with Crippen molar-refractivity contribution in [1.29, 1.82) is 0 Å². The number of thioether (sulfide) groups is 1. The van der Waals surface area contributed by atoms with Gasteiger partial charge in [0.1, 0.15) is 4.75 Å². The first-order valence-electron chi connectivity index (χ1n) is 6.45. The van der Waals surface area contributed by atoms with Crippen LogP contribution in [0.5, 0.6) is 0 Å². The molecule has 2 aromatic rings. The minimum Gasteiger partial charge on any atom is -0.292 e. The predicted octanol–water partition coefficient (Wildman–Crippen LogP) is 4.34. The average Bonchev–Trinajstić information content (AvgIpc) is 2.45. The van der Waals surface area contributed by atoms with Crippen LogP contribution in [-0.2, 0) is 10.5 Å². The minimum atomic E-state index is -0.456. The number of carbonyl (C=O) groups excluding carboxylic acids is 1. The fourth-order valence-corrected chi connectivity index (χ4v) is 3.78. The summed E-state index contributed by atoms with van der Waals surface area (Å²) < 4.78 is -0.456. The van der Waals surface area contributed by atoms with E-state index >= 15 is 0 Å². The number of aryl methyl sites for hydroxylation is 1. The molecule has 1 unspecified atom stereocenters. The van der Waals surface area contributed by atoms with Crippen molar-refractivity contribution >= 4 is 17.5 Å². The zero-order valence-electron chi connectivity index (χ0n) is 11.1. The number of Topliss-reactive ketones (excluding diaryl/α,β-unsaturated/α-hetero) is 1. The Labute approximate surface area is 118 Å². The molecule has 1 nitrogen and oxygen atoms in total. The Morgan fingerprint density at radius 3 is 2.58 bits per heavy atom. The lowest BCUT2D eigenvalue weighted by atomic mass is 9.88. The van der Waals surface area contributed by atoms with Gasteiger partial charge in [0.25, 0.3) is 0 Å². The molecule has 0 saturated heterocycles. The summed E-state index contributed by atoms with van der Waals surface area (Å²) in [6.45, 7) is 4.08. The van der Waals surface area contributed by atoms with E-state index in [1.54, 1.807) is 11.8 Å². The molecule has 0 spiro atoms. The predicted molar refractivity (Wildman–Crippen MR) is 80.6 cm³/mol. The van der Waals surface area contributed by atoms with Crippen LogP contribution in [0.1, 0.15) is 34.0 Å². The van der Waals surface area contributed by atoms with Crippen molar-refractivity contribution in [3.05, 3.63) is 70.8 Å². The van der Waals surface area contributed by atoms with Crippen molar-refractivity contribution in [2.75, 3.05) is 0 Å². The van der Waals surface area contributed by atoms with E-state index in [0.29, 0.717) is 0 Å². The highest BCUT2D eigenvalue weighted by molar-refractivity contribution is 8.00. The first-order chi connectivity index (χ1) is 9.11. The van der Waals surface area contributed by atoms with E-state index in [4.69, 9.17) is 0 Å². The molecule has 96 valence electrons. The Kier molecular flexibility index (Phi) is 2.98. The van der Waals surface area contributed by atoms with Gasteiger partial charge in [-0.15, -0.1) is 11.8 Å². The van der Waals surface area contributed by atoms with Gasteiger partial charge in [-0.2, -0.15) is 0 Å². The molecule has 1 atom stereocenters. The molecule has 0 saturated carbocycles. The molecule has 1 aliphatic heterocycles. The van der Waals surface area contributed by atoms with Crippen molar-refractivity contribution in [2.45, 2.75) is 24.3 Å². The van der Waals surface area contributed by atoms with Crippen LogP contribution >= 0.6 is 11.8 Å². The minimum absolute atomic E-state index is 0.230. The van der Waals surface area contributed by atoms with Gasteiger partial charge in [-0.25, -0.2) is 0 Å². The highest BCUT2D eigenvalue weighted by Gasteiger charge is 2.40. The van der Waals surface area contributed by atoms with Crippen molar-refractivity contribution in [1.82, 2.24) is 0 Å². The fourth-order valence-electron chi connectivity index (χ4n) is 2.54. The Balaban J connectivity index is 2.11. The molecule has 0 bridgehead atoms. The number of rotatable bonds is 1. The summed E-state index contributed by atoms with van der Waals surface area (Å²) in [6.07, 6.45) is 0. The normalized spacial score (nSPS) is 22.1. The van der Waals surface area contributed by atoms with Gasteiger partial charge < -0.3 is 0 Å². The van der Waals surface area contributed by atoms with Crippen molar-refractivity contribution < 1.29 is 4.79 Å². The number of hydrogen-bond donors (Lipinski definition) is 0. The number of ketones is 1. The third-order valence-corrected chi connectivity index (χ3v) is 5.24. The first-order valence-corrected chi connectivity index (χ1v) is 7.43. The smallest absolute Gasteiger partial charge is 0.183 e. The Morgan fingerprint density at radius 1 is 1.11 bits per heavy atom. The summed E-state index contributed by atoms with van der Waals surface area (Å²) in [7, 11) is 0. The maximum atomic E-state index is 12.9. The van der Waals surface area contributed by atoms with Gasteiger partial charge in [0.15, 0.2) is 5.78 Å². The summed E-state index contributed by atoms with van der Waals surface area (Å²) >= 11 is 1.73. The summed E-state index contributed by atoms with van der Waals surface area (Å²) in [6, 6.07) is 16.3. The van der Waals surface area contributed by atoms with E-state index < -0.39 is 4.75 Å². The molecule has 2 heteroatoms. The lowest BCUT2D eigenvalue weighted by Gasteiger charge is -2.33. The van der Waals surface area contributed by atoms with Crippen LogP contribution < -0.4 is 0 Å². The molecule has 0 radical (unpaired) electrons. The number of hydrogen-bond acceptors (Lipinski definition) is 2. The lowest BCUT2D eigenvalue weighted by Crippen LogP contribution is -2.33. The van der Waals surface area contributed by atoms with E-state index in [-0.39, 0.29) is 5.78 Å². The van der Waals surface area contributed by atoms with E-state index in [0.717, 1.165) is 28.0 Å². The van der Waals surface area contributed by atoms with Crippen molar-refractivity contribution in [3.8, 4) is 0 Å². The quantitative estimate of drug-likeness (QED) is 0.765. The maximum absolute atomic E-state index is 12.9. The Morgan fingerprint density at radius 2 is 1.84 bits per heavy atom. The van der Waals surface area contributed by atoms with E-state index in [2.05, 4.69) is 12.1 Å². The van der Waals surface area contributed by atoms with Gasteiger partial charge in [-0.1, -0.05) is 48.0 Å². The second kappa shape index (κ2) is 4.53. The zero-order chi connectivity index (χ0) is 13.5. The van der Waals surface area contributed by atoms with Gasteiger partial charge in [0.2, 0.25) is 0 Å². The van der Waals surface area contributed by atoms with Gasteiger partial charge in [-0.3, -0.25) is 4.79 Å². The van der Waals surface area contributed by atoms with Crippen LogP contribution in [0.3, 0.4) is 0 Å². The van der Waals surface area contributed by atoms with Gasteiger partial charge in [-0.05, 0) is 31.0 Å². The highest BCUT2D eigenvalue weighted by Crippen LogP contribution is 2.45. The molecule has 1 aliphatic rings. The van der Waals surface area contributed by atoms with Crippen LogP contribution in [0.2, 0.25) is 0 Å². The summed E-state index contributed by atoms with van der Waals surface area (Å²) in [5.74, 6) is 1.13. The Hall–Kier alpha value is -1.54. The highest BCUT2D eigenvalue weighted by atomic mass is 32.2. The fraction of sp³-hybridized carbons (Fsp3) is 0.235. The standard InChI is InChI=1S/C17H16OS/c1-12-8-9-13-11-19-17(2,16(18)15(13)10-12)14-6-4-3-5-7-14/h3-10H,11H2,1-2H3. The Bertz CT molecular complexity index is 633. The summed E-state index contributed by atoms with van der Waals surface area (Å²) in [5.41, 5.74) is 4.30. The molecule has 0 aromatic heterocycles. The van der Waals surface area contributed by atoms with Crippen LogP contribution in [0.4, 0.5) is 0 Å². The van der Waals surface area contributed by atoms with Crippen LogP contribution in [0, 0.1) is 6.92 Å². The second-order valence-electron chi connectivity index (χ2n) is 5.18. The van der Waals surface area contributed by atoms with Gasteiger partial charge in [0, 0.05) is 11.3 Å². The maximum Gasteiger partial charge on any atom is 0.183 e. The van der Waals surface area contributed by atoms with Crippen molar-refractivity contribution in [2.24, 2.45) is 0 Å².